The van der Waals surface area contributed by atoms with Crippen molar-refractivity contribution in [1.29, 1.82) is 0 Å². The molecule has 1 unspecified atom stereocenters. The number of aromatic nitrogens is 1. The van der Waals surface area contributed by atoms with Crippen LogP contribution in [0.2, 0.25) is 0 Å². The van der Waals surface area contributed by atoms with Crippen LogP contribution in [0.4, 0.5) is 5.13 Å². The third-order valence-electron chi connectivity index (χ3n) is 4.62. The molecule has 0 bridgehead atoms. The molecule has 1 fully saturated rings. The van der Waals surface area contributed by atoms with Crippen molar-refractivity contribution in [3.63, 3.8) is 0 Å². The number of anilines is 1. The van der Waals surface area contributed by atoms with Crippen molar-refractivity contribution in [3.05, 3.63) is 10.6 Å². The summed E-state index contributed by atoms with van der Waals surface area (Å²) in [7, 11) is 4.29. The van der Waals surface area contributed by atoms with E-state index in [9.17, 15) is 0 Å². The van der Waals surface area contributed by atoms with E-state index in [0.717, 1.165) is 5.92 Å². The molecule has 3 nitrogen and oxygen atoms in total. The number of fused-ring (bicyclic) bond motifs is 1. The van der Waals surface area contributed by atoms with E-state index in [1.54, 1.807) is 0 Å². The van der Waals surface area contributed by atoms with Crippen LogP contribution in [0, 0.1) is 5.92 Å². The van der Waals surface area contributed by atoms with Gasteiger partial charge in [-0.05, 0) is 45.1 Å². The highest BCUT2D eigenvalue weighted by molar-refractivity contribution is 7.15. The molecule has 106 valence electrons. The van der Waals surface area contributed by atoms with Gasteiger partial charge in [0, 0.05) is 24.5 Å². The quantitative estimate of drug-likeness (QED) is 0.916. The monoisotopic (exact) mass is 279 g/mol. The second-order valence-electron chi connectivity index (χ2n) is 6.07. The predicted octanol–water partition coefficient (Wildman–Crippen LogP) is 3.37. The summed E-state index contributed by atoms with van der Waals surface area (Å²) in [4.78, 5) is 8.78. The smallest absolute Gasteiger partial charge is 0.185 e. The molecule has 0 aromatic carbocycles. The number of rotatable bonds is 4. The maximum absolute atomic E-state index is 4.90. The van der Waals surface area contributed by atoms with Gasteiger partial charge in [0.1, 0.15) is 0 Å². The number of hydrogen-bond acceptors (Lipinski definition) is 4. The zero-order chi connectivity index (χ0) is 13.2. The molecule has 2 aliphatic carbocycles. The number of aryl methyl sites for hydroxylation is 1. The number of thiazole rings is 1. The van der Waals surface area contributed by atoms with E-state index in [4.69, 9.17) is 4.98 Å². The van der Waals surface area contributed by atoms with Gasteiger partial charge in [-0.1, -0.05) is 24.2 Å². The third-order valence-corrected chi connectivity index (χ3v) is 5.95. The molecule has 0 radical (unpaired) electrons. The second-order valence-corrected chi connectivity index (χ2v) is 7.08. The lowest BCUT2D eigenvalue weighted by atomic mass is 9.98. The van der Waals surface area contributed by atoms with Crippen LogP contribution in [-0.2, 0) is 6.42 Å². The van der Waals surface area contributed by atoms with Crippen LogP contribution < -0.4 is 10.2 Å². The lowest BCUT2D eigenvalue weighted by Crippen LogP contribution is -2.23. The van der Waals surface area contributed by atoms with Gasteiger partial charge in [-0.25, -0.2) is 4.98 Å². The van der Waals surface area contributed by atoms with E-state index >= 15 is 0 Å². The zero-order valence-electron chi connectivity index (χ0n) is 12.1. The molecule has 4 heteroatoms. The Kier molecular flexibility index (Phi) is 4.08. The number of nitrogens with one attached hydrogen (secondary N) is 1. The van der Waals surface area contributed by atoms with Crippen LogP contribution in [0.15, 0.2) is 0 Å². The highest BCUT2D eigenvalue weighted by Gasteiger charge is 2.25. The van der Waals surface area contributed by atoms with Gasteiger partial charge in [0.05, 0.1) is 5.69 Å². The Morgan fingerprint density at radius 3 is 2.79 bits per heavy atom. The Morgan fingerprint density at radius 1 is 1.26 bits per heavy atom. The zero-order valence-corrected chi connectivity index (χ0v) is 12.9. The SMILES string of the molecule is CNC1CCCc2nc(N(C)CC3CCCC3)sc21. The van der Waals surface area contributed by atoms with Crippen molar-refractivity contribution in [2.24, 2.45) is 5.92 Å². The molecule has 0 aliphatic heterocycles. The van der Waals surface area contributed by atoms with E-state index in [0.29, 0.717) is 6.04 Å². The molecule has 0 amide bonds. The van der Waals surface area contributed by atoms with Gasteiger partial charge >= 0.3 is 0 Å². The van der Waals surface area contributed by atoms with E-state index in [1.807, 2.05) is 11.3 Å². The van der Waals surface area contributed by atoms with Gasteiger partial charge in [0.25, 0.3) is 0 Å². The van der Waals surface area contributed by atoms with Crippen LogP contribution in [-0.4, -0.2) is 25.6 Å². The minimum atomic E-state index is 0.537. The van der Waals surface area contributed by atoms with Crippen molar-refractivity contribution >= 4 is 16.5 Å². The summed E-state index contributed by atoms with van der Waals surface area (Å²) >= 11 is 1.91. The molecule has 3 rings (SSSR count). The van der Waals surface area contributed by atoms with Crippen molar-refractivity contribution in [2.75, 3.05) is 25.5 Å². The molecule has 19 heavy (non-hydrogen) atoms. The Labute approximate surface area is 120 Å². The van der Waals surface area contributed by atoms with Crippen LogP contribution in [0.25, 0.3) is 0 Å². The fraction of sp³-hybridized carbons (Fsp3) is 0.800. The molecule has 2 aliphatic rings. The van der Waals surface area contributed by atoms with Gasteiger partial charge in [0.15, 0.2) is 5.13 Å². The number of hydrogen-bond donors (Lipinski definition) is 1. The summed E-state index contributed by atoms with van der Waals surface area (Å²) in [5.74, 6) is 0.894. The van der Waals surface area contributed by atoms with E-state index in [-0.39, 0.29) is 0 Å². The summed E-state index contributed by atoms with van der Waals surface area (Å²) in [6.07, 6.45) is 9.37. The molecule has 1 aromatic rings. The predicted molar refractivity (Wildman–Crippen MR) is 82.1 cm³/mol. The van der Waals surface area contributed by atoms with Crippen LogP contribution >= 0.6 is 11.3 Å². The highest BCUT2D eigenvalue weighted by Crippen LogP contribution is 2.37. The van der Waals surface area contributed by atoms with E-state index in [2.05, 4.69) is 24.3 Å². The maximum Gasteiger partial charge on any atom is 0.185 e. The first-order valence-corrected chi connectivity index (χ1v) is 8.47. The molecule has 1 atom stereocenters. The average molecular weight is 279 g/mol. The minimum absolute atomic E-state index is 0.537. The normalized spacial score (nSPS) is 23.6. The molecule has 1 heterocycles. The van der Waals surface area contributed by atoms with Gasteiger partial charge in [0.2, 0.25) is 0 Å². The van der Waals surface area contributed by atoms with Crippen LogP contribution in [0.5, 0.6) is 0 Å². The number of nitrogens with zero attached hydrogens (tertiary/aromatic N) is 2. The van der Waals surface area contributed by atoms with Gasteiger partial charge in [-0.3, -0.25) is 0 Å². The fourth-order valence-corrected chi connectivity index (χ4v) is 4.73. The standard InChI is InChI=1S/C15H25N3S/c1-16-12-8-5-9-13-14(12)19-15(17-13)18(2)10-11-6-3-4-7-11/h11-12,16H,3-10H2,1-2H3. The highest BCUT2D eigenvalue weighted by atomic mass is 32.1. The Balaban J connectivity index is 1.72. The van der Waals surface area contributed by atoms with Crippen LogP contribution in [0.1, 0.15) is 55.1 Å². The molecule has 1 aromatic heterocycles. The van der Waals surface area contributed by atoms with Crippen molar-refractivity contribution in [1.82, 2.24) is 10.3 Å². The first kappa shape index (κ1) is 13.4. The van der Waals surface area contributed by atoms with Gasteiger partial charge in [-0.15, -0.1) is 0 Å². The molecule has 1 saturated carbocycles. The van der Waals surface area contributed by atoms with Gasteiger partial charge in [-0.2, -0.15) is 0 Å². The Bertz CT molecular complexity index is 423. The molecule has 1 N–H and O–H groups in total. The summed E-state index contributed by atoms with van der Waals surface area (Å²) in [6, 6.07) is 0.537. The lowest BCUT2D eigenvalue weighted by molar-refractivity contribution is 0.500. The van der Waals surface area contributed by atoms with Gasteiger partial charge < -0.3 is 10.2 Å². The molecular weight excluding hydrogens is 254 g/mol. The van der Waals surface area contributed by atoms with Crippen molar-refractivity contribution in [3.8, 4) is 0 Å². The van der Waals surface area contributed by atoms with Crippen molar-refractivity contribution < 1.29 is 0 Å². The topological polar surface area (TPSA) is 28.2 Å². The van der Waals surface area contributed by atoms with Crippen molar-refractivity contribution in [2.45, 2.75) is 51.0 Å². The molecule has 0 saturated heterocycles. The maximum atomic E-state index is 4.90. The van der Waals surface area contributed by atoms with E-state index < -0.39 is 0 Å². The van der Waals surface area contributed by atoms with Crippen LogP contribution in [0.3, 0.4) is 0 Å². The summed E-state index contributed by atoms with van der Waals surface area (Å²) in [5.41, 5.74) is 1.35. The molecule has 0 spiro atoms. The summed E-state index contributed by atoms with van der Waals surface area (Å²) in [5, 5.41) is 4.67. The Hall–Kier alpha value is -0.610. The average Bonchev–Trinajstić information content (AvgIpc) is 3.06. The lowest BCUT2D eigenvalue weighted by Gasteiger charge is -2.20. The minimum Gasteiger partial charge on any atom is -0.351 e. The Morgan fingerprint density at radius 2 is 2.05 bits per heavy atom. The summed E-state index contributed by atoms with van der Waals surface area (Å²) in [6.45, 7) is 1.19. The largest absolute Gasteiger partial charge is 0.351 e. The first-order chi connectivity index (χ1) is 9.28. The van der Waals surface area contributed by atoms with E-state index in [1.165, 1.54) is 67.2 Å². The first-order valence-electron chi connectivity index (χ1n) is 7.66. The second kappa shape index (κ2) is 5.80. The fourth-order valence-electron chi connectivity index (χ4n) is 3.50. The third kappa shape index (κ3) is 2.79. The summed E-state index contributed by atoms with van der Waals surface area (Å²) < 4.78 is 0. The molecular formula is C15H25N3S.